The van der Waals surface area contributed by atoms with E-state index in [1.807, 2.05) is 18.3 Å². The summed E-state index contributed by atoms with van der Waals surface area (Å²) in [7, 11) is 0. The Bertz CT molecular complexity index is 360. The van der Waals surface area contributed by atoms with Crippen molar-refractivity contribution in [2.24, 2.45) is 11.3 Å². The molecule has 2 atom stereocenters. The third-order valence-electron chi connectivity index (χ3n) is 3.79. The van der Waals surface area contributed by atoms with Crippen LogP contribution in [-0.2, 0) is 6.42 Å². The summed E-state index contributed by atoms with van der Waals surface area (Å²) in [5.41, 5.74) is 0.845. The van der Waals surface area contributed by atoms with Crippen LogP contribution in [0.15, 0.2) is 24.5 Å². The van der Waals surface area contributed by atoms with Gasteiger partial charge in [-0.05, 0) is 35.8 Å². The minimum atomic E-state index is -0.549. The van der Waals surface area contributed by atoms with Gasteiger partial charge in [0, 0.05) is 18.8 Å². The average Bonchev–Trinajstić information content (AvgIpc) is 2.36. The summed E-state index contributed by atoms with van der Waals surface area (Å²) in [4.78, 5) is 4.11. The van der Waals surface area contributed by atoms with E-state index in [0.29, 0.717) is 5.92 Å². The van der Waals surface area contributed by atoms with Gasteiger partial charge in [-0.25, -0.2) is 0 Å². The molecule has 1 aliphatic carbocycles. The van der Waals surface area contributed by atoms with Gasteiger partial charge in [-0.2, -0.15) is 0 Å². The first-order valence-corrected chi connectivity index (χ1v) is 6.03. The highest BCUT2D eigenvalue weighted by Crippen LogP contribution is 2.48. The van der Waals surface area contributed by atoms with E-state index in [2.05, 4.69) is 25.8 Å². The molecule has 1 saturated carbocycles. The van der Waals surface area contributed by atoms with E-state index in [4.69, 9.17) is 0 Å². The van der Waals surface area contributed by atoms with Crippen LogP contribution >= 0.6 is 0 Å². The third-order valence-corrected chi connectivity index (χ3v) is 3.79. The van der Waals surface area contributed by atoms with Gasteiger partial charge in [0.25, 0.3) is 0 Å². The second-order valence-electron chi connectivity index (χ2n) is 6.09. The molecule has 0 saturated heterocycles. The Labute approximate surface area is 97.7 Å². The first-order chi connectivity index (χ1) is 7.41. The molecule has 0 radical (unpaired) electrons. The molecule has 2 heteroatoms. The van der Waals surface area contributed by atoms with Gasteiger partial charge in [0.1, 0.15) is 0 Å². The summed E-state index contributed by atoms with van der Waals surface area (Å²) >= 11 is 0. The summed E-state index contributed by atoms with van der Waals surface area (Å²) in [6.07, 6.45) is 6.34. The fraction of sp³-hybridized carbons (Fsp3) is 0.643. The lowest BCUT2D eigenvalue weighted by molar-refractivity contribution is 0.00439. The third kappa shape index (κ3) is 2.27. The molecule has 1 aromatic heterocycles. The van der Waals surface area contributed by atoms with Gasteiger partial charge in [0.2, 0.25) is 0 Å². The number of nitrogens with zero attached hydrogens (tertiary/aromatic N) is 1. The van der Waals surface area contributed by atoms with Crippen molar-refractivity contribution in [1.29, 1.82) is 0 Å². The van der Waals surface area contributed by atoms with Crippen LogP contribution < -0.4 is 0 Å². The van der Waals surface area contributed by atoms with E-state index in [0.717, 1.165) is 24.8 Å². The summed E-state index contributed by atoms with van der Waals surface area (Å²) in [6, 6.07) is 3.98. The van der Waals surface area contributed by atoms with Crippen LogP contribution in [0.5, 0.6) is 0 Å². The summed E-state index contributed by atoms with van der Waals surface area (Å²) in [5, 5.41) is 10.7. The Kier molecular flexibility index (Phi) is 2.79. The number of rotatable bonds is 2. The molecule has 0 aliphatic heterocycles. The van der Waals surface area contributed by atoms with Gasteiger partial charge in [-0.1, -0.05) is 26.8 Å². The predicted molar refractivity (Wildman–Crippen MR) is 65.1 cm³/mol. The summed E-state index contributed by atoms with van der Waals surface area (Å²) in [5.74, 6) is 0.364. The van der Waals surface area contributed by atoms with Crippen LogP contribution in [-0.4, -0.2) is 15.7 Å². The zero-order valence-electron chi connectivity index (χ0n) is 10.4. The maximum atomic E-state index is 10.7. The topological polar surface area (TPSA) is 33.1 Å². The largest absolute Gasteiger partial charge is 0.389 e. The van der Waals surface area contributed by atoms with Gasteiger partial charge in [-0.15, -0.1) is 0 Å². The number of aromatic nitrogens is 1. The number of hydrogen-bond donors (Lipinski definition) is 1. The highest BCUT2D eigenvalue weighted by Gasteiger charge is 2.47. The van der Waals surface area contributed by atoms with E-state index in [9.17, 15) is 5.11 Å². The molecule has 0 amide bonds. The molecule has 1 heterocycles. The van der Waals surface area contributed by atoms with Crippen LogP contribution in [0.2, 0.25) is 0 Å². The molecule has 0 spiro atoms. The van der Waals surface area contributed by atoms with Crippen molar-refractivity contribution >= 4 is 0 Å². The lowest BCUT2D eigenvalue weighted by Gasteiger charge is -2.28. The van der Waals surface area contributed by atoms with Crippen molar-refractivity contribution in [3.05, 3.63) is 30.1 Å². The fourth-order valence-electron chi connectivity index (χ4n) is 3.19. The first-order valence-electron chi connectivity index (χ1n) is 6.03. The highest BCUT2D eigenvalue weighted by molar-refractivity contribution is 5.14. The number of hydrogen-bond acceptors (Lipinski definition) is 2. The first kappa shape index (κ1) is 11.6. The quantitative estimate of drug-likeness (QED) is 0.829. The molecule has 1 N–H and O–H groups in total. The van der Waals surface area contributed by atoms with E-state index in [1.54, 1.807) is 6.20 Å². The monoisotopic (exact) mass is 219 g/mol. The van der Waals surface area contributed by atoms with Crippen LogP contribution in [0.4, 0.5) is 0 Å². The summed E-state index contributed by atoms with van der Waals surface area (Å²) in [6.45, 7) is 6.64. The molecule has 0 aromatic carbocycles. The van der Waals surface area contributed by atoms with Crippen LogP contribution in [0.25, 0.3) is 0 Å². The number of aliphatic hydroxyl groups is 1. The number of pyridine rings is 1. The van der Waals surface area contributed by atoms with Crippen LogP contribution in [0.1, 0.15) is 39.2 Å². The van der Waals surface area contributed by atoms with Gasteiger partial charge < -0.3 is 5.11 Å². The molecular weight excluding hydrogens is 198 g/mol. The predicted octanol–water partition coefficient (Wildman–Crippen LogP) is 2.81. The highest BCUT2D eigenvalue weighted by atomic mass is 16.3. The molecule has 1 aromatic rings. The molecule has 16 heavy (non-hydrogen) atoms. The maximum absolute atomic E-state index is 10.7. The molecule has 1 fully saturated rings. The molecule has 2 nitrogen and oxygen atoms in total. The minimum Gasteiger partial charge on any atom is -0.389 e. The van der Waals surface area contributed by atoms with Crippen molar-refractivity contribution in [3.8, 4) is 0 Å². The SMILES string of the molecule is CC1CC(C)(C)CC1(O)Cc1cccnc1. The maximum Gasteiger partial charge on any atom is 0.0719 e. The molecule has 88 valence electrons. The summed E-state index contributed by atoms with van der Waals surface area (Å²) < 4.78 is 0. The smallest absolute Gasteiger partial charge is 0.0719 e. The zero-order valence-corrected chi connectivity index (χ0v) is 10.4. The molecule has 1 aliphatic rings. The Hall–Kier alpha value is -0.890. The molecular formula is C14H21NO. The van der Waals surface area contributed by atoms with Gasteiger partial charge in [-0.3, -0.25) is 4.98 Å². The van der Waals surface area contributed by atoms with E-state index in [1.165, 1.54) is 0 Å². The minimum absolute atomic E-state index is 0.260. The fourth-order valence-corrected chi connectivity index (χ4v) is 3.19. The normalized spacial score (nSPS) is 32.9. The lowest BCUT2D eigenvalue weighted by atomic mass is 9.85. The molecule has 2 rings (SSSR count). The van der Waals surface area contributed by atoms with Gasteiger partial charge in [0.15, 0.2) is 0 Å². The van der Waals surface area contributed by atoms with Crippen LogP contribution in [0, 0.1) is 11.3 Å². The van der Waals surface area contributed by atoms with Crippen molar-refractivity contribution in [3.63, 3.8) is 0 Å². The standard InChI is InChI=1S/C14H21NO/c1-11-7-13(2,3)10-14(11,16)8-12-5-4-6-15-9-12/h4-6,9,11,16H,7-8,10H2,1-3H3. The van der Waals surface area contributed by atoms with Crippen LogP contribution in [0.3, 0.4) is 0 Å². The molecule has 2 unspecified atom stereocenters. The lowest BCUT2D eigenvalue weighted by Crippen LogP contribution is -2.34. The Balaban J connectivity index is 2.15. The molecule has 0 bridgehead atoms. The van der Waals surface area contributed by atoms with E-state index in [-0.39, 0.29) is 5.41 Å². The van der Waals surface area contributed by atoms with Gasteiger partial charge >= 0.3 is 0 Å². The van der Waals surface area contributed by atoms with Gasteiger partial charge in [0.05, 0.1) is 5.60 Å². The Morgan fingerprint density at radius 1 is 1.50 bits per heavy atom. The Morgan fingerprint density at radius 3 is 2.75 bits per heavy atom. The van der Waals surface area contributed by atoms with E-state index < -0.39 is 5.60 Å². The van der Waals surface area contributed by atoms with Crippen molar-refractivity contribution in [1.82, 2.24) is 4.98 Å². The van der Waals surface area contributed by atoms with Crippen molar-refractivity contribution in [2.75, 3.05) is 0 Å². The second kappa shape index (κ2) is 3.85. The van der Waals surface area contributed by atoms with Crippen molar-refractivity contribution in [2.45, 2.75) is 45.6 Å². The zero-order chi connectivity index (χ0) is 11.8. The average molecular weight is 219 g/mol. The van der Waals surface area contributed by atoms with Crippen molar-refractivity contribution < 1.29 is 5.11 Å². The Morgan fingerprint density at radius 2 is 2.25 bits per heavy atom. The second-order valence-corrected chi connectivity index (χ2v) is 6.09. The van der Waals surface area contributed by atoms with E-state index >= 15 is 0 Å².